The van der Waals surface area contributed by atoms with Gasteiger partial charge in [-0.3, -0.25) is 18.9 Å². The number of halogens is 1. The lowest BCUT2D eigenvalue weighted by Crippen LogP contribution is -2.43. The van der Waals surface area contributed by atoms with Crippen molar-refractivity contribution in [3.63, 3.8) is 0 Å². The Morgan fingerprint density at radius 2 is 1.81 bits per heavy atom. The first-order valence-corrected chi connectivity index (χ1v) is 13.0. The third-order valence-corrected chi connectivity index (χ3v) is 7.01. The molecule has 5 N–H and O–H groups in total. The summed E-state index contributed by atoms with van der Waals surface area (Å²) in [6.07, 6.45) is -3.22. The molecule has 0 aliphatic carbocycles. The van der Waals surface area contributed by atoms with Crippen LogP contribution in [-0.4, -0.2) is 63.9 Å². The van der Waals surface area contributed by atoms with Gasteiger partial charge in [0, 0.05) is 18.5 Å². The smallest absolute Gasteiger partial charge is 0.337 e. The van der Waals surface area contributed by atoms with Crippen molar-refractivity contribution in [1.82, 2.24) is 14.1 Å². The van der Waals surface area contributed by atoms with E-state index in [1.165, 1.54) is 18.3 Å². The molecule has 5 unspecified atom stereocenters. The molecule has 2 aromatic heterocycles. The normalized spacial score (nSPS) is 22.5. The molecule has 1 aliphatic rings. The van der Waals surface area contributed by atoms with Crippen LogP contribution in [0.4, 0.5) is 4.39 Å². The third kappa shape index (κ3) is 6.51. The van der Waals surface area contributed by atoms with E-state index in [1.54, 1.807) is 24.3 Å². The highest BCUT2D eigenvalue weighted by molar-refractivity contribution is 7.54. The van der Waals surface area contributed by atoms with E-state index in [0.717, 1.165) is 21.4 Å². The molecule has 198 valence electrons. The molecule has 1 aliphatic heterocycles. The van der Waals surface area contributed by atoms with Crippen LogP contribution in [0, 0.1) is 5.82 Å². The maximum absolute atomic E-state index is 13.6. The number of ether oxygens (including phenoxy) is 1. The van der Waals surface area contributed by atoms with Crippen molar-refractivity contribution in [2.75, 3.05) is 6.61 Å². The molecule has 0 saturated carbocycles. The van der Waals surface area contributed by atoms with E-state index in [-0.39, 0.29) is 6.54 Å². The van der Waals surface area contributed by atoms with Crippen LogP contribution in [0.15, 0.2) is 64.4 Å². The Balaban J connectivity index is 1.55. The van der Waals surface area contributed by atoms with E-state index >= 15 is 0 Å². The van der Waals surface area contributed by atoms with Gasteiger partial charge < -0.3 is 34.2 Å². The highest BCUT2D eigenvalue weighted by atomic mass is 31.2. The van der Waals surface area contributed by atoms with Gasteiger partial charge in [-0.1, -0.05) is 12.1 Å². The van der Waals surface area contributed by atoms with Gasteiger partial charge in [0.05, 0.1) is 18.8 Å². The second-order valence-corrected chi connectivity index (χ2v) is 9.78. The van der Waals surface area contributed by atoms with E-state index < -0.39 is 65.4 Å². The minimum absolute atomic E-state index is 0.239. The van der Waals surface area contributed by atoms with Gasteiger partial charge >= 0.3 is 22.9 Å². The third-order valence-electron chi connectivity index (χ3n) is 5.49. The molecule has 13 nitrogen and oxygen atoms in total. The van der Waals surface area contributed by atoms with Crippen LogP contribution in [0.2, 0.25) is 0 Å². The number of nitrogens with zero attached hydrogens (tertiary/aromatic N) is 3. The van der Waals surface area contributed by atoms with Crippen LogP contribution in [-0.2, 0) is 20.1 Å². The van der Waals surface area contributed by atoms with E-state index in [0.29, 0.717) is 16.8 Å². The van der Waals surface area contributed by atoms with Crippen LogP contribution in [0.3, 0.4) is 0 Å². The molecule has 37 heavy (non-hydrogen) atoms. The molecule has 16 heteroatoms. The maximum atomic E-state index is 13.6. The molecule has 1 aromatic carbocycles. The summed E-state index contributed by atoms with van der Waals surface area (Å²) in [5.41, 5.74) is 0.0266. The Morgan fingerprint density at radius 3 is 2.54 bits per heavy atom. The quantitative estimate of drug-likeness (QED) is 0.229. The molecule has 3 heterocycles. The zero-order valence-electron chi connectivity index (χ0n) is 18.8. The molecule has 0 spiro atoms. The number of benzene rings is 1. The zero-order chi connectivity index (χ0) is 26.7. The molecule has 0 bridgehead atoms. The van der Waals surface area contributed by atoms with Crippen LogP contribution >= 0.6 is 17.2 Å². The standard InChI is InChI=1S/C21H22FN3O10P2/c22-14-3-1-2-12(8-14)13-4-6-23-15(9-13)10-25-17(26)5-7-24(21(25)29)20-19(28)18(27)16(34-20)11-33-37(32)35-36(30)31/h1-9,16,18-20,27-28,30-32H,10-11H2. The SMILES string of the molecule is O=c1ccn(C2OC(COP(O)OP(O)O)C(O)C2O)c(=O)n1Cc1cc(-c2cccc(F)c2)ccn1. The van der Waals surface area contributed by atoms with Gasteiger partial charge in [0.1, 0.15) is 24.1 Å². The molecule has 5 atom stereocenters. The highest BCUT2D eigenvalue weighted by Crippen LogP contribution is 2.46. The van der Waals surface area contributed by atoms with Crippen molar-refractivity contribution in [1.29, 1.82) is 0 Å². The first-order valence-electron chi connectivity index (χ1n) is 10.7. The summed E-state index contributed by atoms with van der Waals surface area (Å²) >= 11 is 0. The van der Waals surface area contributed by atoms with Gasteiger partial charge in [-0.15, -0.1) is 0 Å². The Labute approximate surface area is 210 Å². The number of rotatable bonds is 9. The lowest BCUT2D eigenvalue weighted by molar-refractivity contribution is -0.0530. The first-order chi connectivity index (χ1) is 17.6. The summed E-state index contributed by atoms with van der Waals surface area (Å²) < 4.78 is 30.1. The van der Waals surface area contributed by atoms with Crippen molar-refractivity contribution in [3.05, 3.63) is 87.2 Å². The van der Waals surface area contributed by atoms with Gasteiger partial charge in [-0.25, -0.2) is 13.5 Å². The van der Waals surface area contributed by atoms with Crippen molar-refractivity contribution in [2.45, 2.75) is 31.1 Å². The molecule has 1 saturated heterocycles. The van der Waals surface area contributed by atoms with E-state index in [4.69, 9.17) is 19.0 Å². The minimum Gasteiger partial charge on any atom is -0.387 e. The Morgan fingerprint density at radius 1 is 1.05 bits per heavy atom. The van der Waals surface area contributed by atoms with Crippen LogP contribution in [0.25, 0.3) is 11.1 Å². The number of aliphatic hydroxyl groups is 2. The average Bonchev–Trinajstić information content (AvgIpc) is 3.13. The lowest BCUT2D eigenvalue weighted by Gasteiger charge is -2.19. The molecular formula is C21H22FN3O10P2. The van der Waals surface area contributed by atoms with Gasteiger partial charge in [-0.2, -0.15) is 0 Å². The predicted octanol–water partition coefficient (Wildman–Crippen LogP) is 0.342. The second-order valence-electron chi connectivity index (χ2n) is 7.89. The van der Waals surface area contributed by atoms with E-state index in [1.807, 2.05) is 0 Å². The topological polar surface area (TPSA) is 186 Å². The fourth-order valence-electron chi connectivity index (χ4n) is 3.76. The minimum atomic E-state index is -2.88. The second kappa shape index (κ2) is 11.9. The Hall–Kier alpha value is -2.48. The summed E-state index contributed by atoms with van der Waals surface area (Å²) in [6.45, 7) is -0.748. The molecule has 0 amide bonds. The van der Waals surface area contributed by atoms with Gasteiger partial charge in [0.25, 0.3) is 5.56 Å². The molecule has 3 aromatic rings. The summed E-state index contributed by atoms with van der Waals surface area (Å²) in [5, 5.41) is 20.8. The largest absolute Gasteiger partial charge is 0.387 e. The molecule has 0 radical (unpaired) electrons. The highest BCUT2D eigenvalue weighted by Gasteiger charge is 2.44. The monoisotopic (exact) mass is 557 g/mol. The lowest BCUT2D eigenvalue weighted by atomic mass is 10.1. The Kier molecular flexibility index (Phi) is 8.88. The fourth-order valence-corrected chi connectivity index (χ4v) is 4.73. The van der Waals surface area contributed by atoms with E-state index in [2.05, 4.69) is 9.29 Å². The van der Waals surface area contributed by atoms with Crippen LogP contribution in [0.1, 0.15) is 11.9 Å². The summed E-state index contributed by atoms with van der Waals surface area (Å²) in [5.74, 6) is -0.422. The Bertz CT molecular complexity index is 1360. The molecular weight excluding hydrogens is 535 g/mol. The number of pyridine rings is 1. The van der Waals surface area contributed by atoms with Crippen molar-refractivity contribution in [2.24, 2.45) is 0 Å². The summed E-state index contributed by atoms with van der Waals surface area (Å²) in [6, 6.07) is 10.2. The maximum Gasteiger partial charge on any atom is 0.337 e. The predicted molar refractivity (Wildman–Crippen MR) is 127 cm³/mol. The van der Waals surface area contributed by atoms with E-state index in [9.17, 15) is 29.1 Å². The van der Waals surface area contributed by atoms with Gasteiger partial charge in [-0.05, 0) is 35.4 Å². The summed E-state index contributed by atoms with van der Waals surface area (Å²) in [7, 11) is -5.57. The van der Waals surface area contributed by atoms with Crippen molar-refractivity contribution >= 4 is 17.2 Å². The van der Waals surface area contributed by atoms with Gasteiger partial charge in [0.15, 0.2) is 6.23 Å². The van der Waals surface area contributed by atoms with Crippen LogP contribution < -0.4 is 11.2 Å². The molecule has 4 rings (SSSR count). The number of hydrogen-bond acceptors (Lipinski definition) is 11. The molecule has 1 fully saturated rings. The zero-order valence-corrected chi connectivity index (χ0v) is 20.6. The average molecular weight is 557 g/mol. The number of aliphatic hydroxyl groups excluding tert-OH is 2. The number of hydrogen-bond donors (Lipinski definition) is 5. The first kappa shape index (κ1) is 27.6. The fraction of sp³-hybridized carbons (Fsp3) is 0.286. The van der Waals surface area contributed by atoms with Crippen molar-refractivity contribution in [3.8, 4) is 11.1 Å². The number of aromatic nitrogens is 3. The summed E-state index contributed by atoms with van der Waals surface area (Å²) in [4.78, 5) is 56.8. The van der Waals surface area contributed by atoms with Crippen molar-refractivity contribution < 1.29 is 42.9 Å². The van der Waals surface area contributed by atoms with Crippen LogP contribution in [0.5, 0.6) is 0 Å². The van der Waals surface area contributed by atoms with Gasteiger partial charge in [0.2, 0.25) is 0 Å².